The monoisotopic (exact) mass is 218 g/mol. The van der Waals surface area contributed by atoms with E-state index in [1.54, 1.807) is 0 Å². The smallest absolute Gasteiger partial charge is 0.414 e. The van der Waals surface area contributed by atoms with Crippen LogP contribution in [0.3, 0.4) is 0 Å². The fraction of sp³-hybridized carbons (Fsp3) is 0.778. The summed E-state index contributed by atoms with van der Waals surface area (Å²) in [6, 6.07) is 0. The van der Waals surface area contributed by atoms with E-state index in [1.165, 1.54) is 25.8 Å². The van der Waals surface area contributed by atoms with Crippen LogP contribution in [0.15, 0.2) is 0 Å². The van der Waals surface area contributed by atoms with E-state index in [9.17, 15) is 0 Å². The first kappa shape index (κ1) is 13.9. The maximum absolute atomic E-state index is 9.10. The molecular weight excluding hydrogens is 200 g/mol. The Labute approximate surface area is 88.5 Å². The van der Waals surface area contributed by atoms with E-state index in [2.05, 4.69) is 5.32 Å². The predicted octanol–water partition coefficient (Wildman–Crippen LogP) is -0.510. The van der Waals surface area contributed by atoms with Gasteiger partial charge in [0.1, 0.15) is 0 Å². The highest BCUT2D eigenvalue weighted by Gasteiger charge is 2.08. The molecule has 0 aromatic carbocycles. The Morgan fingerprint density at radius 2 is 1.87 bits per heavy atom. The van der Waals surface area contributed by atoms with Crippen molar-refractivity contribution >= 4 is 11.9 Å². The Bertz CT molecular complexity index is 188. The molecule has 0 spiro atoms. The number of carboxylic acid groups (broad SMARTS) is 2. The summed E-state index contributed by atoms with van der Waals surface area (Å²) < 4.78 is 0. The maximum Gasteiger partial charge on any atom is 0.414 e. The average molecular weight is 218 g/mol. The van der Waals surface area contributed by atoms with Crippen LogP contribution in [0, 0.1) is 5.92 Å². The Balaban J connectivity index is 0.000000288. The van der Waals surface area contributed by atoms with Crippen molar-refractivity contribution in [2.75, 3.05) is 19.6 Å². The van der Waals surface area contributed by atoms with E-state index in [1.807, 2.05) is 0 Å². The van der Waals surface area contributed by atoms with Crippen LogP contribution in [0.2, 0.25) is 0 Å². The molecule has 1 aliphatic rings. The van der Waals surface area contributed by atoms with Gasteiger partial charge in [-0.15, -0.1) is 0 Å². The number of carbonyl (C=O) groups is 2. The normalized spacial score (nSPS) is 20.7. The van der Waals surface area contributed by atoms with Crippen molar-refractivity contribution in [2.24, 2.45) is 11.7 Å². The number of rotatable bonds is 1. The van der Waals surface area contributed by atoms with Crippen molar-refractivity contribution in [3.63, 3.8) is 0 Å². The van der Waals surface area contributed by atoms with Crippen molar-refractivity contribution in [1.82, 2.24) is 5.32 Å². The highest BCUT2D eigenvalue weighted by atomic mass is 16.4. The van der Waals surface area contributed by atoms with Gasteiger partial charge in [-0.05, 0) is 38.4 Å². The lowest BCUT2D eigenvalue weighted by molar-refractivity contribution is -0.159. The van der Waals surface area contributed by atoms with E-state index in [0.29, 0.717) is 0 Å². The minimum atomic E-state index is -1.82. The minimum Gasteiger partial charge on any atom is -0.473 e. The van der Waals surface area contributed by atoms with E-state index < -0.39 is 11.9 Å². The van der Waals surface area contributed by atoms with Crippen molar-refractivity contribution in [3.05, 3.63) is 0 Å². The molecule has 5 N–H and O–H groups in total. The van der Waals surface area contributed by atoms with Gasteiger partial charge in [0.15, 0.2) is 0 Å². The summed E-state index contributed by atoms with van der Waals surface area (Å²) in [6.07, 6.45) is 4.01. The molecule has 1 unspecified atom stereocenters. The van der Waals surface area contributed by atoms with Crippen LogP contribution in [-0.4, -0.2) is 41.8 Å². The van der Waals surface area contributed by atoms with Gasteiger partial charge >= 0.3 is 11.9 Å². The van der Waals surface area contributed by atoms with Crippen LogP contribution in [-0.2, 0) is 9.59 Å². The van der Waals surface area contributed by atoms with Crippen LogP contribution >= 0.6 is 0 Å². The second-order valence-electron chi connectivity index (χ2n) is 3.41. The molecule has 6 nitrogen and oxygen atoms in total. The third-order valence-corrected chi connectivity index (χ3v) is 2.17. The lowest BCUT2D eigenvalue weighted by atomic mass is 10.0. The largest absolute Gasteiger partial charge is 0.473 e. The molecule has 88 valence electrons. The molecule has 0 amide bonds. The Morgan fingerprint density at radius 3 is 2.33 bits per heavy atom. The summed E-state index contributed by atoms with van der Waals surface area (Å²) in [6.45, 7) is 3.18. The zero-order valence-corrected chi connectivity index (χ0v) is 8.61. The molecule has 1 aliphatic heterocycles. The first-order valence-corrected chi connectivity index (χ1v) is 4.95. The van der Waals surface area contributed by atoms with Crippen molar-refractivity contribution in [3.8, 4) is 0 Å². The number of carboxylic acids is 2. The molecule has 15 heavy (non-hydrogen) atoms. The summed E-state index contributed by atoms with van der Waals surface area (Å²) in [4.78, 5) is 18.2. The zero-order chi connectivity index (χ0) is 11.7. The standard InChI is InChI=1S/C7H16N2.C2H2O4/c8-5-7-3-1-2-4-9-6-7;3-1(4)2(5)6/h7,9H,1-6,8H2;(H,3,4)(H,5,6). The molecule has 0 radical (unpaired) electrons. The number of nitrogens with one attached hydrogen (secondary N) is 1. The van der Waals surface area contributed by atoms with Crippen LogP contribution in [0.1, 0.15) is 19.3 Å². The van der Waals surface area contributed by atoms with Crippen LogP contribution in [0.5, 0.6) is 0 Å². The summed E-state index contributed by atoms with van der Waals surface area (Å²) in [5.74, 6) is -2.91. The zero-order valence-electron chi connectivity index (χ0n) is 8.61. The predicted molar refractivity (Wildman–Crippen MR) is 54.5 cm³/mol. The van der Waals surface area contributed by atoms with E-state index in [0.717, 1.165) is 19.0 Å². The molecule has 0 saturated carbocycles. The first-order chi connectivity index (χ1) is 7.07. The molecular formula is C9H18N2O4. The second kappa shape index (κ2) is 8.19. The highest BCUT2D eigenvalue weighted by molar-refractivity contribution is 6.27. The van der Waals surface area contributed by atoms with Gasteiger partial charge in [0, 0.05) is 0 Å². The summed E-state index contributed by atoms with van der Waals surface area (Å²) >= 11 is 0. The molecule has 1 saturated heterocycles. The van der Waals surface area contributed by atoms with Gasteiger partial charge in [-0.25, -0.2) is 9.59 Å². The number of aliphatic carboxylic acids is 2. The molecule has 6 heteroatoms. The lowest BCUT2D eigenvalue weighted by Crippen LogP contribution is -2.25. The van der Waals surface area contributed by atoms with Crippen molar-refractivity contribution < 1.29 is 19.8 Å². The summed E-state index contributed by atoms with van der Waals surface area (Å²) in [5.41, 5.74) is 5.53. The van der Waals surface area contributed by atoms with Crippen molar-refractivity contribution in [1.29, 1.82) is 0 Å². The minimum absolute atomic E-state index is 0.743. The van der Waals surface area contributed by atoms with E-state index in [-0.39, 0.29) is 0 Å². The molecule has 0 aliphatic carbocycles. The molecule has 1 fully saturated rings. The Morgan fingerprint density at radius 1 is 1.27 bits per heavy atom. The third-order valence-electron chi connectivity index (χ3n) is 2.17. The third kappa shape index (κ3) is 7.90. The quantitative estimate of drug-likeness (QED) is 0.441. The van der Waals surface area contributed by atoms with Crippen LogP contribution in [0.25, 0.3) is 0 Å². The van der Waals surface area contributed by atoms with Crippen LogP contribution < -0.4 is 11.1 Å². The molecule has 1 atom stereocenters. The molecule has 0 aromatic heterocycles. The number of hydrogen-bond acceptors (Lipinski definition) is 4. The van der Waals surface area contributed by atoms with Gasteiger partial charge in [0.2, 0.25) is 0 Å². The second-order valence-corrected chi connectivity index (χ2v) is 3.41. The van der Waals surface area contributed by atoms with Gasteiger partial charge in [0.05, 0.1) is 0 Å². The fourth-order valence-electron chi connectivity index (χ4n) is 1.29. The fourth-order valence-corrected chi connectivity index (χ4v) is 1.29. The van der Waals surface area contributed by atoms with Crippen molar-refractivity contribution in [2.45, 2.75) is 19.3 Å². The lowest BCUT2D eigenvalue weighted by Gasteiger charge is -2.09. The Kier molecular flexibility index (Phi) is 7.57. The Hall–Kier alpha value is -1.14. The van der Waals surface area contributed by atoms with E-state index in [4.69, 9.17) is 25.5 Å². The highest BCUT2D eigenvalue weighted by Crippen LogP contribution is 2.08. The number of hydrogen-bond donors (Lipinski definition) is 4. The van der Waals surface area contributed by atoms with Crippen LogP contribution in [0.4, 0.5) is 0 Å². The average Bonchev–Trinajstić information content (AvgIpc) is 2.46. The number of nitrogens with two attached hydrogens (primary N) is 1. The van der Waals surface area contributed by atoms with Gasteiger partial charge < -0.3 is 21.3 Å². The van der Waals surface area contributed by atoms with Gasteiger partial charge in [-0.1, -0.05) is 6.42 Å². The topological polar surface area (TPSA) is 113 Å². The van der Waals surface area contributed by atoms with Gasteiger partial charge in [-0.2, -0.15) is 0 Å². The molecule has 0 aromatic rings. The first-order valence-electron chi connectivity index (χ1n) is 4.95. The summed E-state index contributed by atoms with van der Waals surface area (Å²) in [5, 5.41) is 18.2. The molecule has 1 rings (SSSR count). The van der Waals surface area contributed by atoms with E-state index >= 15 is 0 Å². The SMILES string of the molecule is NCC1CCCCNC1.O=C(O)C(=O)O. The molecule has 0 bridgehead atoms. The maximum atomic E-state index is 9.10. The van der Waals surface area contributed by atoms with Gasteiger partial charge in [0.25, 0.3) is 0 Å². The van der Waals surface area contributed by atoms with Gasteiger partial charge in [-0.3, -0.25) is 0 Å². The summed E-state index contributed by atoms with van der Waals surface area (Å²) in [7, 11) is 0. The molecule has 1 heterocycles.